The van der Waals surface area contributed by atoms with Crippen LogP contribution in [0.15, 0.2) is 52.5 Å². The number of phenols is 1. The topological polar surface area (TPSA) is 82.3 Å². The molecule has 0 atom stereocenters. The largest absolute Gasteiger partial charge is 0.507 e. The highest BCUT2D eigenvalue weighted by molar-refractivity contribution is 9.10. The number of ether oxygens (including phenoxy) is 1. The van der Waals surface area contributed by atoms with Gasteiger partial charge in [-0.25, -0.2) is 0 Å². The number of nitrogens with zero attached hydrogens (tertiary/aromatic N) is 1. The summed E-state index contributed by atoms with van der Waals surface area (Å²) in [5, 5.41) is 21.3. The molecule has 0 spiro atoms. The third-order valence-electron chi connectivity index (χ3n) is 3.00. The van der Waals surface area contributed by atoms with Crippen molar-refractivity contribution in [3.63, 3.8) is 0 Å². The number of nitriles is 1. The minimum absolute atomic E-state index is 0.0616. The van der Waals surface area contributed by atoms with Crippen molar-refractivity contribution in [1.82, 2.24) is 0 Å². The second-order valence-electron chi connectivity index (χ2n) is 4.54. The summed E-state index contributed by atoms with van der Waals surface area (Å²) in [7, 11) is 1.50. The van der Waals surface area contributed by atoms with Gasteiger partial charge >= 0.3 is 0 Å². The van der Waals surface area contributed by atoms with E-state index in [0.29, 0.717) is 21.5 Å². The van der Waals surface area contributed by atoms with E-state index in [9.17, 15) is 15.2 Å². The number of anilines is 1. The normalized spacial score (nSPS) is 10.7. The van der Waals surface area contributed by atoms with E-state index in [0.717, 1.165) is 0 Å². The van der Waals surface area contributed by atoms with E-state index >= 15 is 0 Å². The highest BCUT2D eigenvalue weighted by atomic mass is 79.9. The first kappa shape index (κ1) is 16.6. The standard InChI is InChI=1S/C17H13BrN2O3/c1-23-16-5-3-2-4-14(16)20-17(22)12(10-19)8-11-6-7-15(21)13(18)9-11/h2-9,21H,1H3,(H,20,22)/b12-8+. The van der Waals surface area contributed by atoms with Gasteiger partial charge in [0.05, 0.1) is 17.3 Å². The Morgan fingerprint density at radius 3 is 2.74 bits per heavy atom. The number of hydrogen-bond acceptors (Lipinski definition) is 4. The summed E-state index contributed by atoms with van der Waals surface area (Å²) in [6, 6.07) is 13.5. The molecule has 6 heteroatoms. The molecule has 2 rings (SSSR count). The summed E-state index contributed by atoms with van der Waals surface area (Å²) in [6.07, 6.45) is 1.44. The molecule has 2 aromatic rings. The number of nitrogens with one attached hydrogen (secondary N) is 1. The molecule has 5 nitrogen and oxygen atoms in total. The van der Waals surface area contributed by atoms with Crippen molar-refractivity contribution in [3.05, 3.63) is 58.1 Å². The molecule has 0 saturated carbocycles. The summed E-state index contributed by atoms with van der Waals surface area (Å²) in [4.78, 5) is 12.2. The van der Waals surface area contributed by atoms with Crippen molar-refractivity contribution < 1.29 is 14.6 Å². The predicted molar refractivity (Wildman–Crippen MR) is 91.0 cm³/mol. The van der Waals surface area contributed by atoms with Crippen molar-refractivity contribution >= 4 is 33.6 Å². The van der Waals surface area contributed by atoms with E-state index in [1.807, 2.05) is 6.07 Å². The molecule has 0 radical (unpaired) electrons. The van der Waals surface area contributed by atoms with Crippen LogP contribution >= 0.6 is 15.9 Å². The zero-order valence-corrected chi connectivity index (χ0v) is 13.8. The van der Waals surface area contributed by atoms with Crippen LogP contribution in [0.2, 0.25) is 0 Å². The van der Waals surface area contributed by atoms with Crippen molar-refractivity contribution in [1.29, 1.82) is 5.26 Å². The number of phenolic OH excluding ortho intramolecular Hbond substituents is 1. The second-order valence-corrected chi connectivity index (χ2v) is 5.39. The molecule has 0 fully saturated rings. The van der Waals surface area contributed by atoms with Crippen LogP contribution in [-0.2, 0) is 4.79 Å². The smallest absolute Gasteiger partial charge is 0.266 e. The van der Waals surface area contributed by atoms with Gasteiger partial charge in [0.15, 0.2) is 0 Å². The Balaban J connectivity index is 2.26. The molecule has 1 amide bonds. The zero-order valence-electron chi connectivity index (χ0n) is 12.2. The first-order chi connectivity index (χ1) is 11.0. The first-order valence-corrected chi connectivity index (χ1v) is 7.39. The van der Waals surface area contributed by atoms with Gasteiger partial charge in [-0.05, 0) is 51.8 Å². The number of para-hydroxylation sites is 2. The van der Waals surface area contributed by atoms with Gasteiger partial charge in [-0.2, -0.15) is 5.26 Å². The molecule has 23 heavy (non-hydrogen) atoms. The van der Waals surface area contributed by atoms with E-state index in [1.165, 1.54) is 19.3 Å². The number of aromatic hydroxyl groups is 1. The molecular weight excluding hydrogens is 360 g/mol. The summed E-state index contributed by atoms with van der Waals surface area (Å²) >= 11 is 3.19. The highest BCUT2D eigenvalue weighted by Crippen LogP contribution is 2.26. The van der Waals surface area contributed by atoms with Crippen LogP contribution in [0.3, 0.4) is 0 Å². The molecule has 0 unspecified atom stereocenters. The van der Waals surface area contributed by atoms with Crippen LogP contribution in [0.4, 0.5) is 5.69 Å². The van der Waals surface area contributed by atoms with Gasteiger partial charge in [-0.3, -0.25) is 4.79 Å². The molecule has 0 bridgehead atoms. The fourth-order valence-corrected chi connectivity index (χ4v) is 2.26. The Bertz CT molecular complexity index is 810. The third kappa shape index (κ3) is 4.11. The maximum Gasteiger partial charge on any atom is 0.266 e. The summed E-state index contributed by atoms with van der Waals surface area (Å²) in [6.45, 7) is 0. The van der Waals surface area contributed by atoms with Crippen LogP contribution in [0.1, 0.15) is 5.56 Å². The number of benzene rings is 2. The predicted octanol–water partition coefficient (Wildman–Crippen LogP) is 3.71. The number of rotatable bonds is 4. The maximum atomic E-state index is 12.2. The summed E-state index contributed by atoms with van der Waals surface area (Å²) in [5.41, 5.74) is 1.03. The van der Waals surface area contributed by atoms with Crippen LogP contribution in [-0.4, -0.2) is 18.1 Å². The lowest BCUT2D eigenvalue weighted by molar-refractivity contribution is -0.112. The minimum atomic E-state index is -0.541. The molecule has 0 aliphatic rings. The molecule has 116 valence electrons. The van der Waals surface area contributed by atoms with Crippen LogP contribution in [0.25, 0.3) is 6.08 Å². The molecule has 2 N–H and O–H groups in total. The summed E-state index contributed by atoms with van der Waals surface area (Å²) in [5.74, 6) is 0.0471. The number of carbonyl (C=O) groups excluding carboxylic acids is 1. The number of halogens is 1. The molecule has 2 aromatic carbocycles. The summed E-state index contributed by atoms with van der Waals surface area (Å²) < 4.78 is 5.64. The third-order valence-corrected chi connectivity index (χ3v) is 3.64. The lowest BCUT2D eigenvalue weighted by atomic mass is 10.1. The van der Waals surface area contributed by atoms with Gasteiger partial charge in [0, 0.05) is 0 Å². The fraction of sp³-hybridized carbons (Fsp3) is 0.0588. The molecule has 0 aliphatic heterocycles. The average Bonchev–Trinajstić information content (AvgIpc) is 2.56. The Morgan fingerprint density at radius 2 is 2.09 bits per heavy atom. The lowest BCUT2D eigenvalue weighted by Gasteiger charge is -2.09. The second kappa shape index (κ2) is 7.47. The first-order valence-electron chi connectivity index (χ1n) is 6.60. The molecule has 0 aromatic heterocycles. The van der Waals surface area contributed by atoms with E-state index < -0.39 is 5.91 Å². The number of hydrogen-bond donors (Lipinski definition) is 2. The monoisotopic (exact) mass is 372 g/mol. The maximum absolute atomic E-state index is 12.2. The van der Waals surface area contributed by atoms with Crippen molar-refractivity contribution in [2.24, 2.45) is 0 Å². The van der Waals surface area contributed by atoms with Crippen LogP contribution in [0.5, 0.6) is 11.5 Å². The lowest BCUT2D eigenvalue weighted by Crippen LogP contribution is -2.14. The quantitative estimate of drug-likeness (QED) is 0.632. The van der Waals surface area contributed by atoms with Crippen LogP contribution in [0, 0.1) is 11.3 Å². The average molecular weight is 373 g/mol. The molecule has 0 heterocycles. The van der Waals surface area contributed by atoms with Gasteiger partial charge in [0.2, 0.25) is 0 Å². The van der Waals surface area contributed by atoms with Gasteiger partial charge in [0.1, 0.15) is 23.1 Å². The molecule has 0 aliphatic carbocycles. The SMILES string of the molecule is COc1ccccc1NC(=O)/C(C#N)=C/c1ccc(O)c(Br)c1. The van der Waals surface area contributed by atoms with Gasteiger partial charge in [0.25, 0.3) is 5.91 Å². The van der Waals surface area contributed by atoms with Gasteiger partial charge in [-0.1, -0.05) is 18.2 Å². The fourth-order valence-electron chi connectivity index (χ4n) is 1.87. The van der Waals surface area contributed by atoms with E-state index in [4.69, 9.17) is 4.74 Å². The van der Waals surface area contributed by atoms with Gasteiger partial charge < -0.3 is 15.2 Å². The van der Waals surface area contributed by atoms with Crippen molar-refractivity contribution in [3.8, 4) is 17.6 Å². The number of carbonyl (C=O) groups is 1. The Labute approximate surface area is 142 Å². The Morgan fingerprint density at radius 1 is 1.35 bits per heavy atom. The molecular formula is C17H13BrN2O3. The highest BCUT2D eigenvalue weighted by Gasteiger charge is 2.12. The van der Waals surface area contributed by atoms with E-state index in [-0.39, 0.29) is 11.3 Å². The van der Waals surface area contributed by atoms with Gasteiger partial charge in [-0.15, -0.1) is 0 Å². The Hall–Kier alpha value is -2.78. The minimum Gasteiger partial charge on any atom is -0.507 e. The number of amides is 1. The van der Waals surface area contributed by atoms with Crippen molar-refractivity contribution in [2.45, 2.75) is 0 Å². The number of methoxy groups -OCH3 is 1. The Kier molecular flexibility index (Phi) is 5.39. The molecule has 0 saturated heterocycles. The van der Waals surface area contributed by atoms with Crippen molar-refractivity contribution in [2.75, 3.05) is 12.4 Å². The zero-order chi connectivity index (χ0) is 16.8. The van der Waals surface area contributed by atoms with Crippen LogP contribution < -0.4 is 10.1 Å². The van der Waals surface area contributed by atoms with E-state index in [1.54, 1.807) is 36.4 Å². The van der Waals surface area contributed by atoms with E-state index in [2.05, 4.69) is 21.2 Å².